The first-order chi connectivity index (χ1) is 17.0. The predicted molar refractivity (Wildman–Crippen MR) is 136 cm³/mol. The quantitative estimate of drug-likeness (QED) is 0.421. The first-order valence-electron chi connectivity index (χ1n) is 12.0. The van der Waals surface area contributed by atoms with Crippen LogP contribution < -0.4 is 14.4 Å². The third-order valence-electron chi connectivity index (χ3n) is 5.92. The molecule has 7 nitrogen and oxygen atoms in total. The van der Waals surface area contributed by atoms with Crippen LogP contribution in [0.1, 0.15) is 35.3 Å². The van der Waals surface area contributed by atoms with E-state index in [9.17, 15) is 4.79 Å². The number of ether oxygens (including phenoxy) is 3. The molecule has 0 aliphatic carbocycles. The summed E-state index contributed by atoms with van der Waals surface area (Å²) in [4.78, 5) is 21.6. The van der Waals surface area contributed by atoms with Gasteiger partial charge in [0.1, 0.15) is 18.0 Å². The molecule has 0 unspecified atom stereocenters. The molecule has 0 amide bonds. The number of anilines is 1. The molecule has 1 aliphatic heterocycles. The van der Waals surface area contributed by atoms with Gasteiger partial charge in [0.15, 0.2) is 11.5 Å². The van der Waals surface area contributed by atoms with Crippen molar-refractivity contribution in [2.24, 2.45) is 0 Å². The molecule has 184 valence electrons. The van der Waals surface area contributed by atoms with Gasteiger partial charge in [-0.25, -0.2) is 9.78 Å². The molecule has 1 aliphatic rings. The van der Waals surface area contributed by atoms with Crippen LogP contribution in [0.15, 0.2) is 66.9 Å². The van der Waals surface area contributed by atoms with Crippen molar-refractivity contribution in [1.29, 1.82) is 0 Å². The predicted octanol–water partition coefficient (Wildman–Crippen LogP) is 4.56. The Kier molecular flexibility index (Phi) is 8.21. The van der Waals surface area contributed by atoms with Gasteiger partial charge in [-0.15, -0.1) is 0 Å². The smallest absolute Gasteiger partial charge is 0.342 e. The van der Waals surface area contributed by atoms with Crippen molar-refractivity contribution in [3.05, 3.63) is 83.6 Å². The second kappa shape index (κ2) is 11.7. The summed E-state index contributed by atoms with van der Waals surface area (Å²) in [6.45, 7) is 8.14. The maximum atomic E-state index is 12.6. The number of benzene rings is 2. The number of esters is 1. The average Bonchev–Trinajstić information content (AvgIpc) is 2.88. The normalized spacial score (nSPS) is 14.1. The summed E-state index contributed by atoms with van der Waals surface area (Å²) >= 11 is 0. The second-order valence-electron chi connectivity index (χ2n) is 8.81. The molecule has 2 heterocycles. The highest BCUT2D eigenvalue weighted by atomic mass is 16.5. The molecule has 0 atom stereocenters. The number of hydrogen-bond acceptors (Lipinski definition) is 7. The molecular weight excluding hydrogens is 442 g/mol. The van der Waals surface area contributed by atoms with E-state index in [2.05, 4.69) is 33.0 Å². The molecular formula is C28H33N3O4. The van der Waals surface area contributed by atoms with Gasteiger partial charge in [-0.05, 0) is 37.6 Å². The van der Waals surface area contributed by atoms with Crippen molar-refractivity contribution in [3.63, 3.8) is 0 Å². The van der Waals surface area contributed by atoms with Crippen LogP contribution in [0, 0.1) is 0 Å². The first kappa shape index (κ1) is 24.5. The third kappa shape index (κ3) is 6.31. The number of hydrogen-bond donors (Lipinski definition) is 0. The van der Waals surface area contributed by atoms with Gasteiger partial charge < -0.3 is 19.1 Å². The molecule has 1 fully saturated rings. The van der Waals surface area contributed by atoms with Gasteiger partial charge in [-0.3, -0.25) is 4.90 Å². The second-order valence-corrected chi connectivity index (χ2v) is 8.81. The third-order valence-corrected chi connectivity index (χ3v) is 5.92. The number of carbonyl (C=O) groups excluding carboxylic acids is 1. The van der Waals surface area contributed by atoms with Crippen LogP contribution in [0.2, 0.25) is 0 Å². The van der Waals surface area contributed by atoms with E-state index in [1.165, 1.54) is 0 Å². The van der Waals surface area contributed by atoms with Gasteiger partial charge in [0.2, 0.25) is 0 Å². The zero-order valence-corrected chi connectivity index (χ0v) is 20.6. The molecule has 1 aromatic heterocycles. The zero-order valence-electron chi connectivity index (χ0n) is 20.6. The first-order valence-corrected chi connectivity index (χ1v) is 12.0. The summed E-state index contributed by atoms with van der Waals surface area (Å²) in [6, 6.07) is 19.7. The Hall–Kier alpha value is -3.58. The van der Waals surface area contributed by atoms with Gasteiger partial charge in [-0.1, -0.05) is 42.5 Å². The average molecular weight is 476 g/mol. The van der Waals surface area contributed by atoms with Crippen LogP contribution in [0.25, 0.3) is 0 Å². The fourth-order valence-corrected chi connectivity index (χ4v) is 4.18. The molecule has 0 N–H and O–H groups in total. The molecule has 0 saturated carbocycles. The van der Waals surface area contributed by atoms with E-state index in [0.29, 0.717) is 18.0 Å². The summed E-state index contributed by atoms with van der Waals surface area (Å²) in [5.41, 5.74) is 2.71. The van der Waals surface area contributed by atoms with Crippen LogP contribution in [0.5, 0.6) is 11.5 Å². The molecule has 0 radical (unpaired) electrons. The Labute approximate surface area is 207 Å². The lowest BCUT2D eigenvalue weighted by molar-refractivity contribution is 0.0378. The lowest BCUT2D eigenvalue weighted by atomic mass is 10.1. The van der Waals surface area contributed by atoms with E-state index in [1.807, 2.05) is 44.2 Å². The number of aromatic nitrogens is 1. The number of carbonyl (C=O) groups is 1. The lowest BCUT2D eigenvalue weighted by Gasteiger charge is -2.36. The van der Waals surface area contributed by atoms with Crippen molar-refractivity contribution >= 4 is 11.8 Å². The van der Waals surface area contributed by atoms with Gasteiger partial charge in [0.05, 0.1) is 13.2 Å². The van der Waals surface area contributed by atoms with E-state index in [4.69, 9.17) is 14.2 Å². The summed E-state index contributed by atoms with van der Waals surface area (Å²) in [7, 11) is 1.67. The number of nitrogens with zero attached hydrogens (tertiary/aromatic N) is 3. The molecule has 1 saturated heterocycles. The number of pyridine rings is 1. The van der Waals surface area contributed by atoms with Crippen LogP contribution in [-0.4, -0.2) is 55.2 Å². The maximum absolute atomic E-state index is 12.6. The highest BCUT2D eigenvalue weighted by molar-refractivity contribution is 5.94. The number of rotatable bonds is 9. The molecule has 3 aromatic rings. The van der Waals surface area contributed by atoms with Crippen molar-refractivity contribution in [2.45, 2.75) is 33.1 Å². The fraction of sp³-hybridized carbons (Fsp3) is 0.357. The summed E-state index contributed by atoms with van der Waals surface area (Å²) in [5.74, 6) is 1.87. The maximum Gasteiger partial charge on any atom is 0.342 e. The summed E-state index contributed by atoms with van der Waals surface area (Å²) < 4.78 is 17.2. The minimum Gasteiger partial charge on any atom is -0.493 e. The van der Waals surface area contributed by atoms with Crippen molar-refractivity contribution in [3.8, 4) is 11.5 Å². The number of methoxy groups -OCH3 is 1. The molecule has 4 rings (SSSR count). The zero-order chi connectivity index (χ0) is 24.6. The highest BCUT2D eigenvalue weighted by Crippen LogP contribution is 2.33. The molecule has 0 spiro atoms. The summed E-state index contributed by atoms with van der Waals surface area (Å²) in [5, 5.41) is 0. The number of piperazine rings is 1. The minimum absolute atomic E-state index is 0.173. The lowest BCUT2D eigenvalue weighted by Crippen LogP contribution is -2.46. The SMILES string of the molecule is COc1cccc(CN2CCN(c3ncccc3C(=O)OC(C)C)CC2)c1OCc1ccccc1. The molecule has 7 heteroatoms. The van der Waals surface area contributed by atoms with E-state index in [1.54, 1.807) is 25.4 Å². The van der Waals surface area contributed by atoms with Crippen LogP contribution in [0.3, 0.4) is 0 Å². The number of para-hydroxylation sites is 1. The van der Waals surface area contributed by atoms with Crippen LogP contribution >= 0.6 is 0 Å². The highest BCUT2D eigenvalue weighted by Gasteiger charge is 2.24. The molecule has 35 heavy (non-hydrogen) atoms. The Balaban J connectivity index is 1.42. The molecule has 2 aromatic carbocycles. The molecule has 0 bridgehead atoms. The van der Waals surface area contributed by atoms with Crippen LogP contribution in [-0.2, 0) is 17.9 Å². The van der Waals surface area contributed by atoms with Crippen LogP contribution in [0.4, 0.5) is 5.82 Å². The Morgan fingerprint density at radius 1 is 0.971 bits per heavy atom. The van der Waals surface area contributed by atoms with E-state index in [-0.39, 0.29) is 12.1 Å². The standard InChI is InChI=1S/C28H33N3O4/c1-21(2)35-28(32)24-12-8-14-29-27(24)31-17-15-30(16-18-31)19-23-11-7-13-25(33-3)26(23)34-20-22-9-5-4-6-10-22/h4-14,21H,15-20H2,1-3H3. The van der Waals surface area contributed by atoms with E-state index in [0.717, 1.165) is 55.3 Å². The summed E-state index contributed by atoms with van der Waals surface area (Å²) in [6.07, 6.45) is 1.55. The van der Waals surface area contributed by atoms with E-state index >= 15 is 0 Å². The van der Waals surface area contributed by atoms with Crippen molar-refractivity contribution in [2.75, 3.05) is 38.2 Å². The Morgan fingerprint density at radius 3 is 2.46 bits per heavy atom. The fourth-order valence-electron chi connectivity index (χ4n) is 4.18. The minimum atomic E-state index is -0.331. The van der Waals surface area contributed by atoms with E-state index < -0.39 is 0 Å². The largest absolute Gasteiger partial charge is 0.493 e. The topological polar surface area (TPSA) is 64.1 Å². The van der Waals surface area contributed by atoms with Crippen molar-refractivity contribution < 1.29 is 19.0 Å². The Bertz CT molecular complexity index is 1110. The van der Waals surface area contributed by atoms with Gasteiger partial charge in [0.25, 0.3) is 0 Å². The van der Waals surface area contributed by atoms with Gasteiger partial charge in [0, 0.05) is 44.5 Å². The monoisotopic (exact) mass is 475 g/mol. The van der Waals surface area contributed by atoms with Gasteiger partial charge >= 0.3 is 5.97 Å². The van der Waals surface area contributed by atoms with Crippen molar-refractivity contribution in [1.82, 2.24) is 9.88 Å². The van der Waals surface area contributed by atoms with Gasteiger partial charge in [-0.2, -0.15) is 0 Å². The Morgan fingerprint density at radius 2 is 1.74 bits per heavy atom.